The maximum Gasteiger partial charge on any atom is 0.408 e. The van der Waals surface area contributed by atoms with Gasteiger partial charge in [0.1, 0.15) is 5.60 Å². The minimum absolute atomic E-state index is 0.0647. The number of nitrogens with one attached hydrogen (secondary N) is 1. The summed E-state index contributed by atoms with van der Waals surface area (Å²) in [4.78, 5) is 12.9. The van der Waals surface area contributed by atoms with Gasteiger partial charge in [-0.3, -0.25) is 0 Å². The highest BCUT2D eigenvalue weighted by Gasteiger charge is 2.20. The van der Waals surface area contributed by atoms with E-state index in [0.717, 1.165) is 12.8 Å². The molecular weight excluding hydrogens is 234 g/mol. The van der Waals surface area contributed by atoms with Crippen molar-refractivity contribution >= 4 is 17.4 Å². The second-order valence-electron chi connectivity index (χ2n) is 5.00. The van der Waals surface area contributed by atoms with Crippen LogP contribution in [0.15, 0.2) is 17.5 Å². The van der Waals surface area contributed by atoms with Crippen LogP contribution < -0.4 is 5.32 Å². The number of hydrogen-bond acceptors (Lipinski definition) is 3. The van der Waals surface area contributed by atoms with Crippen molar-refractivity contribution in [2.45, 2.75) is 52.2 Å². The Labute approximate surface area is 107 Å². The lowest BCUT2D eigenvalue weighted by Gasteiger charge is -2.23. The predicted molar refractivity (Wildman–Crippen MR) is 71.3 cm³/mol. The quantitative estimate of drug-likeness (QED) is 0.879. The molecule has 4 heteroatoms. The molecule has 0 aliphatic rings. The molecule has 1 rings (SSSR count). The van der Waals surface area contributed by atoms with Crippen LogP contribution in [0.1, 0.15) is 51.5 Å². The van der Waals surface area contributed by atoms with Gasteiger partial charge in [-0.05, 0) is 38.6 Å². The lowest BCUT2D eigenvalue weighted by molar-refractivity contribution is 0.0502. The normalized spacial score (nSPS) is 13.2. The maximum atomic E-state index is 11.7. The van der Waals surface area contributed by atoms with Crippen LogP contribution in [0, 0.1) is 0 Å². The predicted octanol–water partition coefficient (Wildman–Crippen LogP) is 4.11. The van der Waals surface area contributed by atoms with Crippen molar-refractivity contribution in [3.8, 4) is 0 Å². The van der Waals surface area contributed by atoms with Crippen LogP contribution in [0.4, 0.5) is 4.79 Å². The fourth-order valence-electron chi connectivity index (χ4n) is 1.51. The fraction of sp³-hybridized carbons (Fsp3) is 0.615. The van der Waals surface area contributed by atoms with Crippen LogP contribution in [0.5, 0.6) is 0 Å². The van der Waals surface area contributed by atoms with E-state index in [4.69, 9.17) is 4.74 Å². The van der Waals surface area contributed by atoms with Crippen LogP contribution in [-0.4, -0.2) is 11.7 Å². The Morgan fingerprint density at radius 1 is 1.53 bits per heavy atom. The molecule has 1 unspecified atom stereocenters. The molecule has 1 amide bonds. The number of carbonyl (C=O) groups excluding carboxylic acids is 1. The zero-order chi connectivity index (χ0) is 12.9. The molecule has 1 aromatic rings. The minimum Gasteiger partial charge on any atom is -0.444 e. The van der Waals surface area contributed by atoms with Gasteiger partial charge in [-0.2, -0.15) is 0 Å². The largest absolute Gasteiger partial charge is 0.444 e. The first-order valence-electron chi connectivity index (χ1n) is 5.95. The van der Waals surface area contributed by atoms with Crippen molar-refractivity contribution in [2.24, 2.45) is 0 Å². The monoisotopic (exact) mass is 255 g/mol. The summed E-state index contributed by atoms with van der Waals surface area (Å²) < 4.78 is 5.27. The molecule has 0 radical (unpaired) electrons. The third kappa shape index (κ3) is 5.22. The van der Waals surface area contributed by atoms with E-state index in [9.17, 15) is 4.79 Å². The van der Waals surface area contributed by atoms with Gasteiger partial charge in [0.25, 0.3) is 0 Å². The van der Waals surface area contributed by atoms with Crippen molar-refractivity contribution in [1.29, 1.82) is 0 Å². The van der Waals surface area contributed by atoms with Crippen molar-refractivity contribution in [3.63, 3.8) is 0 Å². The number of thiophene rings is 1. The highest BCUT2D eigenvalue weighted by Crippen LogP contribution is 2.23. The summed E-state index contributed by atoms with van der Waals surface area (Å²) in [5.41, 5.74) is -0.448. The molecule has 0 aliphatic carbocycles. The molecule has 0 fully saturated rings. The molecule has 0 aromatic carbocycles. The summed E-state index contributed by atoms with van der Waals surface area (Å²) in [5.74, 6) is 0. The first kappa shape index (κ1) is 14.0. The Morgan fingerprint density at radius 3 is 2.71 bits per heavy atom. The summed E-state index contributed by atoms with van der Waals surface area (Å²) >= 11 is 1.66. The van der Waals surface area contributed by atoms with E-state index in [2.05, 4.69) is 12.2 Å². The van der Waals surface area contributed by atoms with E-state index in [0.29, 0.717) is 0 Å². The van der Waals surface area contributed by atoms with E-state index in [1.807, 2.05) is 38.3 Å². The van der Waals surface area contributed by atoms with Crippen molar-refractivity contribution < 1.29 is 9.53 Å². The summed E-state index contributed by atoms with van der Waals surface area (Å²) in [7, 11) is 0. The number of rotatable bonds is 4. The summed E-state index contributed by atoms with van der Waals surface area (Å²) in [5, 5.41) is 4.95. The zero-order valence-electron chi connectivity index (χ0n) is 10.9. The third-order valence-electron chi connectivity index (χ3n) is 2.15. The fourth-order valence-corrected chi connectivity index (χ4v) is 2.33. The molecule has 3 nitrogen and oxygen atoms in total. The SMILES string of the molecule is CCCC(NC(=O)OC(C)(C)C)c1cccs1. The molecule has 0 aliphatic heterocycles. The van der Waals surface area contributed by atoms with Crippen LogP contribution in [0.2, 0.25) is 0 Å². The van der Waals surface area contributed by atoms with E-state index >= 15 is 0 Å². The molecule has 0 saturated carbocycles. The molecule has 1 N–H and O–H groups in total. The zero-order valence-corrected chi connectivity index (χ0v) is 11.8. The Hall–Kier alpha value is -1.03. The van der Waals surface area contributed by atoms with Gasteiger partial charge in [0.15, 0.2) is 0 Å². The Morgan fingerprint density at radius 2 is 2.24 bits per heavy atom. The Balaban J connectivity index is 2.59. The molecular formula is C13H21NO2S. The van der Waals surface area contributed by atoms with E-state index in [-0.39, 0.29) is 12.1 Å². The number of carbonyl (C=O) groups is 1. The van der Waals surface area contributed by atoms with Gasteiger partial charge in [-0.1, -0.05) is 19.4 Å². The molecule has 0 saturated heterocycles. The van der Waals surface area contributed by atoms with Gasteiger partial charge in [-0.25, -0.2) is 4.79 Å². The standard InChI is InChI=1S/C13H21NO2S/c1-5-7-10(11-8-6-9-17-11)14-12(15)16-13(2,3)4/h6,8-10H,5,7H2,1-4H3,(H,14,15). The molecule has 0 spiro atoms. The number of amides is 1. The summed E-state index contributed by atoms with van der Waals surface area (Å²) in [6.07, 6.45) is 1.61. The second-order valence-corrected chi connectivity index (χ2v) is 5.98. The van der Waals surface area contributed by atoms with E-state index < -0.39 is 5.60 Å². The van der Waals surface area contributed by atoms with Gasteiger partial charge in [-0.15, -0.1) is 11.3 Å². The number of alkyl carbamates (subject to hydrolysis) is 1. The van der Waals surface area contributed by atoms with Crippen molar-refractivity contribution in [1.82, 2.24) is 5.32 Å². The molecule has 1 aromatic heterocycles. The minimum atomic E-state index is -0.448. The summed E-state index contributed by atoms with van der Waals surface area (Å²) in [6.45, 7) is 7.71. The average Bonchev–Trinajstić information content (AvgIpc) is 2.66. The second kappa shape index (κ2) is 6.05. The molecule has 0 bridgehead atoms. The third-order valence-corrected chi connectivity index (χ3v) is 3.14. The van der Waals surface area contributed by atoms with Crippen molar-refractivity contribution in [2.75, 3.05) is 0 Å². The van der Waals surface area contributed by atoms with Gasteiger partial charge >= 0.3 is 6.09 Å². The summed E-state index contributed by atoms with van der Waals surface area (Å²) in [6, 6.07) is 4.11. The van der Waals surface area contributed by atoms with Crippen LogP contribution >= 0.6 is 11.3 Å². The smallest absolute Gasteiger partial charge is 0.408 e. The Bertz CT molecular complexity index is 341. The van der Waals surface area contributed by atoms with E-state index in [1.165, 1.54) is 4.88 Å². The van der Waals surface area contributed by atoms with Crippen LogP contribution in [-0.2, 0) is 4.74 Å². The highest BCUT2D eigenvalue weighted by atomic mass is 32.1. The lowest BCUT2D eigenvalue weighted by Crippen LogP contribution is -2.34. The molecule has 1 atom stereocenters. The van der Waals surface area contributed by atoms with Gasteiger partial charge < -0.3 is 10.1 Å². The Kier molecular flexibility index (Phi) is 5.00. The topological polar surface area (TPSA) is 38.3 Å². The molecule has 96 valence electrons. The molecule has 17 heavy (non-hydrogen) atoms. The first-order chi connectivity index (χ1) is 7.92. The first-order valence-corrected chi connectivity index (χ1v) is 6.83. The maximum absolute atomic E-state index is 11.7. The van der Waals surface area contributed by atoms with Crippen molar-refractivity contribution in [3.05, 3.63) is 22.4 Å². The van der Waals surface area contributed by atoms with E-state index in [1.54, 1.807) is 11.3 Å². The highest BCUT2D eigenvalue weighted by molar-refractivity contribution is 7.10. The van der Waals surface area contributed by atoms with Gasteiger partial charge in [0.2, 0.25) is 0 Å². The lowest BCUT2D eigenvalue weighted by atomic mass is 10.1. The average molecular weight is 255 g/mol. The number of ether oxygens (including phenoxy) is 1. The van der Waals surface area contributed by atoms with Gasteiger partial charge in [0, 0.05) is 4.88 Å². The van der Waals surface area contributed by atoms with Crippen LogP contribution in [0.3, 0.4) is 0 Å². The number of hydrogen-bond donors (Lipinski definition) is 1. The molecule has 1 heterocycles. The van der Waals surface area contributed by atoms with Gasteiger partial charge in [0.05, 0.1) is 6.04 Å². The van der Waals surface area contributed by atoms with Crippen LogP contribution in [0.25, 0.3) is 0 Å².